The second-order valence-electron chi connectivity index (χ2n) is 4.97. The van der Waals surface area contributed by atoms with Gasteiger partial charge < -0.3 is 10.6 Å². The molecule has 0 spiro atoms. The van der Waals surface area contributed by atoms with Crippen LogP contribution in [-0.2, 0) is 4.79 Å². The molecule has 0 aliphatic rings. The molecule has 0 fully saturated rings. The van der Waals surface area contributed by atoms with E-state index in [1.165, 1.54) is 4.90 Å². The lowest BCUT2D eigenvalue weighted by atomic mass is 10.0. The second-order valence-corrected chi connectivity index (χ2v) is 4.97. The molecule has 5 heteroatoms. The zero-order valence-electron chi connectivity index (χ0n) is 11.4. The van der Waals surface area contributed by atoms with Gasteiger partial charge in [-0.25, -0.2) is 0 Å². The van der Waals surface area contributed by atoms with E-state index in [0.717, 1.165) is 11.1 Å². The van der Waals surface area contributed by atoms with Crippen LogP contribution in [-0.4, -0.2) is 34.3 Å². The van der Waals surface area contributed by atoms with Crippen molar-refractivity contribution in [3.05, 3.63) is 29.1 Å². The lowest BCUT2D eigenvalue weighted by molar-refractivity contribution is -0.126. The maximum atomic E-state index is 12.3. The molecule has 2 amide bonds. The highest BCUT2D eigenvalue weighted by molar-refractivity contribution is 5.98. The summed E-state index contributed by atoms with van der Waals surface area (Å²) in [4.78, 5) is 29.1. The van der Waals surface area contributed by atoms with Crippen molar-refractivity contribution < 1.29 is 9.59 Å². The maximum Gasteiger partial charge on any atom is 0.273 e. The first-order valence-corrected chi connectivity index (χ1v) is 5.69. The summed E-state index contributed by atoms with van der Waals surface area (Å²) in [6.45, 7) is 6.94. The molecule has 1 rings (SSSR count). The second kappa shape index (κ2) is 4.76. The van der Waals surface area contributed by atoms with Gasteiger partial charge in [0.1, 0.15) is 11.2 Å². The van der Waals surface area contributed by atoms with Gasteiger partial charge in [0.15, 0.2) is 0 Å². The molecule has 1 heterocycles. The van der Waals surface area contributed by atoms with Crippen molar-refractivity contribution in [1.82, 2.24) is 9.88 Å². The molecule has 0 aliphatic heterocycles. The maximum absolute atomic E-state index is 12.3. The number of rotatable bonds is 3. The van der Waals surface area contributed by atoms with Crippen LogP contribution >= 0.6 is 0 Å². The first-order valence-electron chi connectivity index (χ1n) is 5.69. The summed E-state index contributed by atoms with van der Waals surface area (Å²) in [6.07, 6.45) is 1.63. The summed E-state index contributed by atoms with van der Waals surface area (Å²) in [5, 5.41) is 0. The van der Waals surface area contributed by atoms with E-state index in [2.05, 4.69) is 4.98 Å². The molecule has 0 bridgehead atoms. The van der Waals surface area contributed by atoms with E-state index in [1.54, 1.807) is 27.1 Å². The molecular formula is C13H19N3O2. The Bertz CT molecular complexity index is 495. The Morgan fingerprint density at radius 2 is 1.89 bits per heavy atom. The average Bonchev–Trinajstić information content (AvgIpc) is 2.26. The van der Waals surface area contributed by atoms with Crippen molar-refractivity contribution in [3.8, 4) is 0 Å². The summed E-state index contributed by atoms with van der Waals surface area (Å²) in [5.74, 6) is -0.862. The SMILES string of the molecule is Cc1cnc(C(=O)N(C)C(C)(C)C(N)=O)c(C)c1. The van der Waals surface area contributed by atoms with Crippen LogP contribution in [0.2, 0.25) is 0 Å². The molecule has 0 aliphatic carbocycles. The van der Waals surface area contributed by atoms with Crippen molar-refractivity contribution in [2.24, 2.45) is 5.73 Å². The van der Waals surface area contributed by atoms with Crippen molar-refractivity contribution in [1.29, 1.82) is 0 Å². The first kappa shape index (κ1) is 14.2. The fourth-order valence-corrected chi connectivity index (χ4v) is 1.52. The number of carbonyl (C=O) groups is 2. The third-order valence-electron chi connectivity index (χ3n) is 3.16. The smallest absolute Gasteiger partial charge is 0.273 e. The van der Waals surface area contributed by atoms with E-state index in [-0.39, 0.29) is 5.91 Å². The van der Waals surface area contributed by atoms with E-state index in [0.29, 0.717) is 5.69 Å². The Hall–Kier alpha value is -1.91. The van der Waals surface area contributed by atoms with Crippen LogP contribution in [0.3, 0.4) is 0 Å². The minimum atomic E-state index is -1.05. The van der Waals surface area contributed by atoms with Crippen LogP contribution in [0.25, 0.3) is 0 Å². The van der Waals surface area contributed by atoms with Gasteiger partial charge in [-0.3, -0.25) is 14.6 Å². The van der Waals surface area contributed by atoms with E-state index >= 15 is 0 Å². The Labute approximate surface area is 107 Å². The Morgan fingerprint density at radius 1 is 1.33 bits per heavy atom. The van der Waals surface area contributed by atoms with Gasteiger partial charge in [-0.1, -0.05) is 6.07 Å². The number of hydrogen-bond donors (Lipinski definition) is 1. The Kier molecular flexibility index (Phi) is 3.74. The largest absolute Gasteiger partial charge is 0.368 e. The fourth-order valence-electron chi connectivity index (χ4n) is 1.52. The number of aryl methyl sites for hydroxylation is 2. The van der Waals surface area contributed by atoms with Gasteiger partial charge in [0.25, 0.3) is 5.91 Å². The van der Waals surface area contributed by atoms with Crippen molar-refractivity contribution >= 4 is 11.8 Å². The molecule has 0 saturated carbocycles. The van der Waals surface area contributed by atoms with E-state index in [1.807, 2.05) is 19.9 Å². The Balaban J connectivity index is 3.11. The van der Waals surface area contributed by atoms with Crippen LogP contribution in [0, 0.1) is 13.8 Å². The quantitative estimate of drug-likeness (QED) is 0.869. The van der Waals surface area contributed by atoms with Gasteiger partial charge in [-0.05, 0) is 38.8 Å². The molecule has 0 radical (unpaired) electrons. The molecule has 98 valence electrons. The van der Waals surface area contributed by atoms with Crippen LogP contribution in [0.1, 0.15) is 35.5 Å². The highest BCUT2D eigenvalue weighted by Crippen LogP contribution is 2.17. The molecular weight excluding hydrogens is 230 g/mol. The first-order chi connectivity index (χ1) is 8.17. The molecule has 5 nitrogen and oxygen atoms in total. The predicted octanol–water partition coefficient (Wildman–Crippen LogP) is 1.03. The molecule has 2 N–H and O–H groups in total. The third-order valence-corrected chi connectivity index (χ3v) is 3.16. The molecule has 0 atom stereocenters. The minimum Gasteiger partial charge on any atom is -0.368 e. The van der Waals surface area contributed by atoms with Gasteiger partial charge in [0, 0.05) is 13.2 Å². The normalized spacial score (nSPS) is 11.2. The van der Waals surface area contributed by atoms with Crippen LogP contribution in [0.15, 0.2) is 12.3 Å². The van der Waals surface area contributed by atoms with Crippen LogP contribution in [0.4, 0.5) is 0 Å². The van der Waals surface area contributed by atoms with Crippen LogP contribution in [0.5, 0.6) is 0 Å². The number of hydrogen-bond acceptors (Lipinski definition) is 3. The van der Waals surface area contributed by atoms with E-state index in [9.17, 15) is 9.59 Å². The van der Waals surface area contributed by atoms with E-state index < -0.39 is 11.4 Å². The number of pyridine rings is 1. The number of primary amides is 1. The zero-order valence-corrected chi connectivity index (χ0v) is 11.4. The Morgan fingerprint density at radius 3 is 2.33 bits per heavy atom. The number of nitrogens with two attached hydrogens (primary N) is 1. The summed E-state index contributed by atoms with van der Waals surface area (Å²) < 4.78 is 0. The van der Waals surface area contributed by atoms with Gasteiger partial charge in [0.05, 0.1) is 0 Å². The summed E-state index contributed by atoms with van der Waals surface area (Å²) in [6, 6.07) is 1.88. The fraction of sp³-hybridized carbons (Fsp3) is 0.462. The molecule has 0 saturated heterocycles. The standard InChI is InChI=1S/C13H19N3O2/c1-8-6-9(2)10(15-7-8)11(17)16(5)13(3,4)12(14)18/h6-7H,1-5H3,(H2,14,18). The van der Waals surface area contributed by atoms with E-state index in [4.69, 9.17) is 5.73 Å². The highest BCUT2D eigenvalue weighted by Gasteiger charge is 2.34. The lowest BCUT2D eigenvalue weighted by Crippen LogP contribution is -2.54. The number of likely N-dealkylation sites (N-methyl/N-ethyl adjacent to an activating group) is 1. The lowest BCUT2D eigenvalue weighted by Gasteiger charge is -2.32. The van der Waals surface area contributed by atoms with Gasteiger partial charge in [0.2, 0.25) is 5.91 Å². The molecule has 1 aromatic rings. The van der Waals surface area contributed by atoms with Crippen molar-refractivity contribution in [3.63, 3.8) is 0 Å². The van der Waals surface area contributed by atoms with Gasteiger partial charge >= 0.3 is 0 Å². The number of nitrogens with zero attached hydrogens (tertiary/aromatic N) is 2. The predicted molar refractivity (Wildman–Crippen MR) is 69.1 cm³/mol. The van der Waals surface area contributed by atoms with Crippen LogP contribution < -0.4 is 5.73 Å². The topological polar surface area (TPSA) is 76.3 Å². The highest BCUT2D eigenvalue weighted by atomic mass is 16.2. The van der Waals surface area contributed by atoms with Gasteiger partial charge in [-0.15, -0.1) is 0 Å². The summed E-state index contributed by atoms with van der Waals surface area (Å²) >= 11 is 0. The minimum absolute atomic E-state index is 0.309. The van der Waals surface area contributed by atoms with Crippen molar-refractivity contribution in [2.75, 3.05) is 7.05 Å². The molecule has 18 heavy (non-hydrogen) atoms. The average molecular weight is 249 g/mol. The third kappa shape index (κ3) is 2.50. The summed E-state index contributed by atoms with van der Waals surface area (Å²) in [5.41, 5.74) is 6.37. The number of aromatic nitrogens is 1. The summed E-state index contributed by atoms with van der Waals surface area (Å²) in [7, 11) is 1.55. The van der Waals surface area contributed by atoms with Crippen molar-refractivity contribution in [2.45, 2.75) is 33.2 Å². The monoisotopic (exact) mass is 249 g/mol. The molecule has 0 aromatic carbocycles. The zero-order chi connectivity index (χ0) is 14.1. The number of carbonyl (C=O) groups excluding carboxylic acids is 2. The molecule has 0 unspecified atom stereocenters. The number of amides is 2. The molecule has 1 aromatic heterocycles. The van der Waals surface area contributed by atoms with Gasteiger partial charge in [-0.2, -0.15) is 0 Å².